The van der Waals surface area contributed by atoms with Gasteiger partial charge in [0.05, 0.1) is 12.5 Å². The smallest absolute Gasteiger partial charge is 0.211 e. The van der Waals surface area contributed by atoms with Crippen LogP contribution in [0.4, 0.5) is 0 Å². The number of aromatic nitrogens is 2. The minimum Gasteiger partial charge on any atom is -0.323 e. The summed E-state index contributed by atoms with van der Waals surface area (Å²) in [5.41, 5.74) is 4.67. The van der Waals surface area contributed by atoms with E-state index in [4.69, 9.17) is 0 Å². The van der Waals surface area contributed by atoms with Gasteiger partial charge in [0.2, 0.25) is 5.78 Å². The van der Waals surface area contributed by atoms with Crippen LogP contribution in [0.5, 0.6) is 0 Å². The third kappa shape index (κ3) is 2.70. The average Bonchev–Trinajstić information content (AvgIpc) is 2.98. The number of ketones is 1. The van der Waals surface area contributed by atoms with Crippen molar-refractivity contribution < 1.29 is 4.79 Å². The van der Waals surface area contributed by atoms with E-state index >= 15 is 0 Å². The lowest BCUT2D eigenvalue weighted by atomic mass is 9.99. The molecule has 0 bridgehead atoms. The molecule has 0 aliphatic carbocycles. The molecule has 3 rings (SSSR count). The lowest BCUT2D eigenvalue weighted by molar-refractivity contribution is 0.103. The summed E-state index contributed by atoms with van der Waals surface area (Å²) in [7, 11) is 0. The van der Waals surface area contributed by atoms with Gasteiger partial charge >= 0.3 is 0 Å². The number of hydrogen-bond donors (Lipinski definition) is 0. The predicted octanol–water partition coefficient (Wildman–Crippen LogP) is 3.78. The van der Waals surface area contributed by atoms with Crippen LogP contribution in [0.1, 0.15) is 32.7 Å². The van der Waals surface area contributed by atoms with Crippen LogP contribution in [0.15, 0.2) is 61.1 Å². The Hall–Kier alpha value is -2.68. The zero-order valence-electron chi connectivity index (χ0n) is 12.8. The molecule has 0 amide bonds. The summed E-state index contributed by atoms with van der Waals surface area (Å²) in [4.78, 5) is 17.0. The molecule has 0 aliphatic heterocycles. The number of carbonyl (C=O) groups is 1. The lowest BCUT2D eigenvalue weighted by Crippen LogP contribution is -2.12. The second kappa shape index (κ2) is 5.98. The summed E-state index contributed by atoms with van der Waals surface area (Å²) in [6.07, 6.45) is 3.36. The molecule has 0 unspecified atom stereocenters. The van der Waals surface area contributed by atoms with Gasteiger partial charge in [-0.15, -0.1) is 0 Å². The van der Waals surface area contributed by atoms with E-state index in [1.54, 1.807) is 12.5 Å². The molecule has 0 atom stereocenters. The van der Waals surface area contributed by atoms with Crippen molar-refractivity contribution in [3.05, 3.63) is 89.0 Å². The monoisotopic (exact) mass is 290 g/mol. The molecule has 0 aliphatic rings. The van der Waals surface area contributed by atoms with E-state index in [0.717, 1.165) is 22.3 Å². The Bertz CT molecular complexity index is 803. The Morgan fingerprint density at radius 1 is 1.05 bits per heavy atom. The maximum absolute atomic E-state index is 12.8. The van der Waals surface area contributed by atoms with Crippen molar-refractivity contribution in [1.29, 1.82) is 0 Å². The molecular formula is C19H18N2O. The second-order valence-electron chi connectivity index (χ2n) is 5.47. The molecule has 3 aromatic rings. The predicted molar refractivity (Wildman–Crippen MR) is 87.1 cm³/mol. The summed E-state index contributed by atoms with van der Waals surface area (Å²) >= 11 is 0. The lowest BCUT2D eigenvalue weighted by Gasteiger charge is -2.10. The van der Waals surface area contributed by atoms with Gasteiger partial charge < -0.3 is 4.57 Å². The van der Waals surface area contributed by atoms with Gasteiger partial charge in [0, 0.05) is 12.1 Å². The van der Waals surface area contributed by atoms with Crippen molar-refractivity contribution in [3.63, 3.8) is 0 Å². The summed E-state index contributed by atoms with van der Waals surface area (Å²) in [6, 6.07) is 15.9. The highest BCUT2D eigenvalue weighted by Gasteiger charge is 2.16. The standard InChI is InChI=1S/C19H18N2O/c1-14-7-6-10-17(15(14)2)19(22)18-11-20-13-21(18)12-16-8-4-3-5-9-16/h3-11,13H,12H2,1-2H3. The van der Waals surface area contributed by atoms with Crippen molar-refractivity contribution >= 4 is 5.78 Å². The van der Waals surface area contributed by atoms with Gasteiger partial charge in [0.25, 0.3) is 0 Å². The van der Waals surface area contributed by atoms with Crippen LogP contribution in [0.3, 0.4) is 0 Å². The maximum Gasteiger partial charge on any atom is 0.211 e. The number of benzene rings is 2. The van der Waals surface area contributed by atoms with Gasteiger partial charge in [-0.25, -0.2) is 4.98 Å². The Kier molecular flexibility index (Phi) is 3.88. The first-order chi connectivity index (χ1) is 10.7. The molecule has 3 heteroatoms. The van der Waals surface area contributed by atoms with E-state index in [1.807, 2.05) is 66.9 Å². The molecule has 0 fully saturated rings. The van der Waals surface area contributed by atoms with E-state index in [-0.39, 0.29) is 5.78 Å². The highest BCUT2D eigenvalue weighted by atomic mass is 16.1. The number of hydrogen-bond acceptors (Lipinski definition) is 2. The maximum atomic E-state index is 12.8. The van der Waals surface area contributed by atoms with Gasteiger partial charge in [-0.05, 0) is 30.5 Å². The number of aryl methyl sites for hydroxylation is 1. The van der Waals surface area contributed by atoms with Crippen molar-refractivity contribution in [3.8, 4) is 0 Å². The first-order valence-corrected chi connectivity index (χ1v) is 7.32. The van der Waals surface area contributed by atoms with E-state index in [2.05, 4.69) is 4.98 Å². The van der Waals surface area contributed by atoms with Gasteiger partial charge in [-0.3, -0.25) is 4.79 Å². The normalized spacial score (nSPS) is 10.6. The molecule has 0 saturated heterocycles. The number of imidazole rings is 1. The Morgan fingerprint density at radius 2 is 1.82 bits per heavy atom. The van der Waals surface area contributed by atoms with Crippen LogP contribution in [-0.4, -0.2) is 15.3 Å². The molecule has 0 radical (unpaired) electrons. The highest BCUT2D eigenvalue weighted by molar-refractivity contribution is 6.08. The fraction of sp³-hybridized carbons (Fsp3) is 0.158. The quantitative estimate of drug-likeness (QED) is 0.685. The van der Waals surface area contributed by atoms with Crippen LogP contribution < -0.4 is 0 Å². The van der Waals surface area contributed by atoms with E-state index in [9.17, 15) is 4.79 Å². The fourth-order valence-corrected chi connectivity index (χ4v) is 2.55. The van der Waals surface area contributed by atoms with Crippen molar-refractivity contribution in [2.45, 2.75) is 20.4 Å². The molecular weight excluding hydrogens is 272 g/mol. The van der Waals surface area contributed by atoms with Gasteiger partial charge in [-0.1, -0.05) is 48.5 Å². The molecule has 110 valence electrons. The second-order valence-corrected chi connectivity index (χ2v) is 5.47. The summed E-state index contributed by atoms with van der Waals surface area (Å²) < 4.78 is 1.90. The molecule has 1 aromatic heterocycles. The van der Waals surface area contributed by atoms with Crippen molar-refractivity contribution in [2.75, 3.05) is 0 Å². The molecule has 0 saturated carbocycles. The van der Waals surface area contributed by atoms with Crippen LogP contribution >= 0.6 is 0 Å². The SMILES string of the molecule is Cc1cccc(C(=O)c2cncn2Cc2ccccc2)c1C. The highest BCUT2D eigenvalue weighted by Crippen LogP contribution is 2.17. The molecule has 22 heavy (non-hydrogen) atoms. The van der Waals surface area contributed by atoms with Crippen LogP contribution in [0, 0.1) is 13.8 Å². The van der Waals surface area contributed by atoms with Crippen LogP contribution in [-0.2, 0) is 6.54 Å². The third-order valence-electron chi connectivity index (χ3n) is 3.99. The first-order valence-electron chi connectivity index (χ1n) is 7.32. The largest absolute Gasteiger partial charge is 0.323 e. The fourth-order valence-electron chi connectivity index (χ4n) is 2.55. The van der Waals surface area contributed by atoms with Crippen molar-refractivity contribution in [1.82, 2.24) is 9.55 Å². The first kappa shape index (κ1) is 14.3. The topological polar surface area (TPSA) is 34.9 Å². The molecule has 0 N–H and O–H groups in total. The molecule has 0 spiro atoms. The summed E-state index contributed by atoms with van der Waals surface area (Å²) in [6.45, 7) is 4.65. The Morgan fingerprint density at radius 3 is 2.59 bits per heavy atom. The Labute approximate surface area is 130 Å². The van der Waals surface area contributed by atoms with Crippen molar-refractivity contribution in [2.24, 2.45) is 0 Å². The summed E-state index contributed by atoms with van der Waals surface area (Å²) in [5.74, 6) is 0.0228. The zero-order chi connectivity index (χ0) is 15.5. The van der Waals surface area contributed by atoms with Gasteiger partial charge in [0.15, 0.2) is 0 Å². The number of carbonyl (C=O) groups excluding carboxylic acids is 1. The average molecular weight is 290 g/mol. The van der Waals surface area contributed by atoms with E-state index < -0.39 is 0 Å². The van der Waals surface area contributed by atoms with E-state index in [1.165, 1.54) is 0 Å². The number of nitrogens with zero attached hydrogens (tertiary/aromatic N) is 2. The Balaban J connectivity index is 1.95. The summed E-state index contributed by atoms with van der Waals surface area (Å²) in [5, 5.41) is 0. The molecule has 3 nitrogen and oxygen atoms in total. The van der Waals surface area contributed by atoms with Crippen LogP contribution in [0.25, 0.3) is 0 Å². The van der Waals surface area contributed by atoms with Gasteiger partial charge in [0.1, 0.15) is 5.69 Å². The minimum absolute atomic E-state index is 0.0228. The van der Waals surface area contributed by atoms with E-state index in [0.29, 0.717) is 12.2 Å². The zero-order valence-corrected chi connectivity index (χ0v) is 12.8. The van der Waals surface area contributed by atoms with Gasteiger partial charge in [-0.2, -0.15) is 0 Å². The third-order valence-corrected chi connectivity index (χ3v) is 3.99. The number of rotatable bonds is 4. The minimum atomic E-state index is 0.0228. The molecule has 1 heterocycles. The van der Waals surface area contributed by atoms with Crippen LogP contribution in [0.2, 0.25) is 0 Å². The molecule has 2 aromatic carbocycles.